The Kier molecular flexibility index (Phi) is 7.35. The highest BCUT2D eigenvalue weighted by Gasteiger charge is 2.20. The topological polar surface area (TPSA) is 73.6 Å². The standard InChI is InChI=1S/C17H27BrN2O3/c1-6-22-14-7-12(9-20-11(2)17(3,4)5)13(18)8-15(14)23-10-16(19)21/h7-8,11,20H,6,9-10H2,1-5H3,(H2,19,21)/t11-/m0/s1. The Labute approximate surface area is 147 Å². The third-order valence-corrected chi connectivity index (χ3v) is 4.42. The van der Waals surface area contributed by atoms with Crippen LogP contribution in [0.1, 0.15) is 40.2 Å². The van der Waals surface area contributed by atoms with E-state index in [0.717, 1.165) is 10.0 Å². The van der Waals surface area contributed by atoms with Crippen LogP contribution in [0.15, 0.2) is 16.6 Å². The zero-order valence-electron chi connectivity index (χ0n) is 14.5. The lowest BCUT2D eigenvalue weighted by atomic mass is 9.88. The van der Waals surface area contributed by atoms with Crippen molar-refractivity contribution in [2.45, 2.75) is 47.2 Å². The van der Waals surface area contributed by atoms with Crippen molar-refractivity contribution in [1.82, 2.24) is 5.32 Å². The van der Waals surface area contributed by atoms with Crippen LogP contribution in [0, 0.1) is 5.41 Å². The summed E-state index contributed by atoms with van der Waals surface area (Å²) >= 11 is 3.55. The number of hydrogen-bond donors (Lipinski definition) is 2. The van der Waals surface area contributed by atoms with Crippen LogP contribution in [-0.4, -0.2) is 25.2 Å². The first kappa shape index (κ1) is 19.8. The van der Waals surface area contributed by atoms with Gasteiger partial charge in [0.15, 0.2) is 18.1 Å². The lowest BCUT2D eigenvalue weighted by Crippen LogP contribution is -2.37. The zero-order chi connectivity index (χ0) is 17.6. The summed E-state index contributed by atoms with van der Waals surface area (Å²) in [6, 6.07) is 4.09. The Balaban J connectivity index is 2.92. The number of ether oxygens (including phenoxy) is 2. The minimum atomic E-state index is -0.520. The maximum Gasteiger partial charge on any atom is 0.255 e. The number of amides is 1. The lowest BCUT2D eigenvalue weighted by Gasteiger charge is -2.28. The summed E-state index contributed by atoms with van der Waals surface area (Å²) in [6.45, 7) is 11.7. The van der Waals surface area contributed by atoms with E-state index in [1.807, 2.05) is 19.1 Å². The average Bonchev–Trinajstić information content (AvgIpc) is 2.44. The summed E-state index contributed by atoms with van der Waals surface area (Å²) < 4.78 is 11.9. The minimum Gasteiger partial charge on any atom is -0.490 e. The molecule has 1 aromatic rings. The molecule has 0 saturated carbocycles. The molecule has 130 valence electrons. The molecule has 0 aliphatic rings. The Morgan fingerprint density at radius 2 is 1.91 bits per heavy atom. The quantitative estimate of drug-likeness (QED) is 0.718. The van der Waals surface area contributed by atoms with Crippen LogP contribution >= 0.6 is 15.9 Å². The van der Waals surface area contributed by atoms with E-state index in [9.17, 15) is 4.79 Å². The molecular formula is C17H27BrN2O3. The highest BCUT2D eigenvalue weighted by atomic mass is 79.9. The van der Waals surface area contributed by atoms with E-state index < -0.39 is 5.91 Å². The molecule has 0 bridgehead atoms. The Hall–Kier alpha value is -1.27. The number of hydrogen-bond acceptors (Lipinski definition) is 4. The molecule has 5 nitrogen and oxygen atoms in total. The van der Waals surface area contributed by atoms with E-state index in [1.165, 1.54) is 0 Å². The second-order valence-electron chi connectivity index (χ2n) is 6.55. The molecule has 0 unspecified atom stereocenters. The molecule has 0 heterocycles. The van der Waals surface area contributed by atoms with Crippen LogP contribution in [0.3, 0.4) is 0 Å². The van der Waals surface area contributed by atoms with E-state index in [1.54, 1.807) is 0 Å². The molecule has 1 atom stereocenters. The van der Waals surface area contributed by atoms with Crippen molar-refractivity contribution < 1.29 is 14.3 Å². The van der Waals surface area contributed by atoms with E-state index in [-0.39, 0.29) is 12.0 Å². The largest absolute Gasteiger partial charge is 0.490 e. The van der Waals surface area contributed by atoms with E-state index in [4.69, 9.17) is 15.2 Å². The number of carbonyl (C=O) groups excluding carboxylic acids is 1. The van der Waals surface area contributed by atoms with Gasteiger partial charge in [-0.15, -0.1) is 0 Å². The van der Waals surface area contributed by atoms with Crippen LogP contribution in [0.5, 0.6) is 11.5 Å². The summed E-state index contributed by atoms with van der Waals surface area (Å²) in [5.74, 6) is 0.593. The van der Waals surface area contributed by atoms with Gasteiger partial charge in [0.05, 0.1) is 6.61 Å². The molecular weight excluding hydrogens is 360 g/mol. The molecule has 0 aromatic heterocycles. The smallest absolute Gasteiger partial charge is 0.255 e. The van der Waals surface area contributed by atoms with Gasteiger partial charge in [-0.2, -0.15) is 0 Å². The van der Waals surface area contributed by atoms with Crippen molar-refractivity contribution in [3.8, 4) is 11.5 Å². The Bertz CT molecular complexity index is 541. The number of halogens is 1. The highest BCUT2D eigenvalue weighted by molar-refractivity contribution is 9.10. The average molecular weight is 387 g/mol. The second-order valence-corrected chi connectivity index (χ2v) is 7.40. The third kappa shape index (κ3) is 6.39. The number of benzene rings is 1. The van der Waals surface area contributed by atoms with Gasteiger partial charge in [0.25, 0.3) is 5.91 Å². The normalized spacial score (nSPS) is 12.8. The number of nitrogens with two attached hydrogens (primary N) is 1. The molecule has 1 amide bonds. The van der Waals surface area contributed by atoms with Crippen LogP contribution in [0.25, 0.3) is 0 Å². The number of carbonyl (C=O) groups is 1. The zero-order valence-corrected chi connectivity index (χ0v) is 16.1. The first-order valence-electron chi connectivity index (χ1n) is 7.74. The maximum absolute atomic E-state index is 10.9. The van der Waals surface area contributed by atoms with Gasteiger partial charge in [0.1, 0.15) is 0 Å². The van der Waals surface area contributed by atoms with Gasteiger partial charge >= 0.3 is 0 Å². The van der Waals surface area contributed by atoms with E-state index >= 15 is 0 Å². The molecule has 0 aliphatic carbocycles. The van der Waals surface area contributed by atoms with Crippen molar-refractivity contribution >= 4 is 21.8 Å². The maximum atomic E-state index is 10.9. The molecule has 0 spiro atoms. The minimum absolute atomic E-state index is 0.175. The van der Waals surface area contributed by atoms with Crippen molar-refractivity contribution in [3.05, 3.63) is 22.2 Å². The van der Waals surface area contributed by atoms with Gasteiger partial charge in [-0.1, -0.05) is 36.7 Å². The lowest BCUT2D eigenvalue weighted by molar-refractivity contribution is -0.119. The fraction of sp³-hybridized carbons (Fsp3) is 0.588. The summed E-state index contributed by atoms with van der Waals surface area (Å²) in [4.78, 5) is 10.9. The third-order valence-electron chi connectivity index (χ3n) is 3.68. The molecule has 1 aromatic carbocycles. The van der Waals surface area contributed by atoms with Gasteiger partial charge in [-0.25, -0.2) is 0 Å². The molecule has 0 radical (unpaired) electrons. The molecule has 0 aliphatic heterocycles. The monoisotopic (exact) mass is 386 g/mol. The molecule has 0 fully saturated rings. The van der Waals surface area contributed by atoms with E-state index in [0.29, 0.717) is 30.7 Å². The van der Waals surface area contributed by atoms with Crippen LogP contribution < -0.4 is 20.5 Å². The molecule has 3 N–H and O–H groups in total. The van der Waals surface area contributed by atoms with Gasteiger partial charge in [-0.05, 0) is 37.0 Å². The van der Waals surface area contributed by atoms with Gasteiger partial charge < -0.3 is 20.5 Å². The number of rotatable bonds is 8. The fourth-order valence-corrected chi connectivity index (χ4v) is 2.27. The molecule has 23 heavy (non-hydrogen) atoms. The predicted octanol–water partition coefficient (Wildman–Crippen LogP) is 3.24. The van der Waals surface area contributed by atoms with Crippen molar-refractivity contribution in [2.24, 2.45) is 11.1 Å². The molecule has 0 saturated heterocycles. The first-order valence-corrected chi connectivity index (χ1v) is 8.54. The Morgan fingerprint density at radius 3 is 2.43 bits per heavy atom. The molecule has 1 rings (SSSR count). The van der Waals surface area contributed by atoms with Crippen LogP contribution in [0.4, 0.5) is 0 Å². The van der Waals surface area contributed by atoms with Crippen molar-refractivity contribution in [1.29, 1.82) is 0 Å². The summed E-state index contributed by atoms with van der Waals surface area (Å²) in [5.41, 5.74) is 6.37. The Morgan fingerprint density at radius 1 is 1.30 bits per heavy atom. The van der Waals surface area contributed by atoms with Crippen LogP contribution in [-0.2, 0) is 11.3 Å². The number of nitrogens with one attached hydrogen (secondary N) is 1. The summed E-state index contributed by atoms with van der Waals surface area (Å²) in [7, 11) is 0. The van der Waals surface area contributed by atoms with Gasteiger partial charge in [-0.3, -0.25) is 4.79 Å². The van der Waals surface area contributed by atoms with Gasteiger partial charge in [0, 0.05) is 17.1 Å². The van der Waals surface area contributed by atoms with E-state index in [2.05, 4.69) is 48.9 Å². The SMILES string of the molecule is CCOc1cc(CN[C@@H](C)C(C)(C)C)c(Br)cc1OCC(N)=O. The van der Waals surface area contributed by atoms with Gasteiger partial charge in [0.2, 0.25) is 0 Å². The first-order chi connectivity index (χ1) is 10.6. The summed E-state index contributed by atoms with van der Waals surface area (Å²) in [6.07, 6.45) is 0. The van der Waals surface area contributed by atoms with Crippen molar-refractivity contribution in [2.75, 3.05) is 13.2 Å². The second kappa shape index (κ2) is 8.55. The highest BCUT2D eigenvalue weighted by Crippen LogP contribution is 2.34. The summed E-state index contributed by atoms with van der Waals surface area (Å²) in [5, 5.41) is 3.52. The molecule has 6 heteroatoms. The predicted molar refractivity (Wildman–Crippen MR) is 95.8 cm³/mol. The van der Waals surface area contributed by atoms with Crippen LogP contribution in [0.2, 0.25) is 0 Å². The number of primary amides is 1. The fourth-order valence-electron chi connectivity index (χ4n) is 1.81. The van der Waals surface area contributed by atoms with Crippen molar-refractivity contribution in [3.63, 3.8) is 0 Å².